The molecule has 3 saturated carbocycles. The highest BCUT2D eigenvalue weighted by atomic mass is 14.3. The number of hydrogen-bond acceptors (Lipinski definition) is 0. The Morgan fingerprint density at radius 1 is 0.727 bits per heavy atom. The average molecular weight is 152 g/mol. The van der Waals surface area contributed by atoms with E-state index in [0.29, 0.717) is 0 Å². The first-order valence-corrected chi connectivity index (χ1v) is 5.34. The van der Waals surface area contributed by atoms with Crippen molar-refractivity contribution in [2.24, 2.45) is 17.8 Å². The van der Waals surface area contributed by atoms with E-state index in [1.165, 1.54) is 19.3 Å². The average Bonchev–Trinajstić information content (AvgIpc) is 1.98. The first kappa shape index (κ1) is 7.64. The van der Waals surface area contributed by atoms with Crippen molar-refractivity contribution in [3.63, 3.8) is 0 Å². The van der Waals surface area contributed by atoms with Crippen molar-refractivity contribution in [1.82, 2.24) is 0 Å². The monoisotopic (exact) mass is 152 g/mol. The maximum absolute atomic E-state index is 2.45. The maximum atomic E-state index is 2.45. The zero-order valence-electron chi connectivity index (χ0n) is 7.68. The van der Waals surface area contributed by atoms with Crippen LogP contribution < -0.4 is 0 Å². The molecular formula is C11H20. The van der Waals surface area contributed by atoms with Crippen LogP contribution in [0.3, 0.4) is 0 Å². The molecule has 0 radical (unpaired) electrons. The van der Waals surface area contributed by atoms with E-state index in [9.17, 15) is 0 Å². The summed E-state index contributed by atoms with van der Waals surface area (Å²) in [4.78, 5) is 0. The SMILES string of the molecule is CC1CCC2CCC(CC2)C1. The molecule has 11 heavy (non-hydrogen) atoms. The van der Waals surface area contributed by atoms with Crippen molar-refractivity contribution in [2.75, 3.05) is 0 Å². The Balaban J connectivity index is 1.97. The fourth-order valence-electron chi connectivity index (χ4n) is 2.96. The topological polar surface area (TPSA) is 0 Å². The lowest BCUT2D eigenvalue weighted by Gasteiger charge is -2.34. The smallest absolute Gasteiger partial charge is 0.0412 e. The van der Waals surface area contributed by atoms with Gasteiger partial charge in [-0.25, -0.2) is 0 Å². The fourth-order valence-corrected chi connectivity index (χ4v) is 2.96. The van der Waals surface area contributed by atoms with Gasteiger partial charge in [0.1, 0.15) is 0 Å². The number of hydrogen-bond donors (Lipinski definition) is 0. The molecule has 2 bridgehead atoms. The molecule has 3 rings (SSSR count). The second-order valence-corrected chi connectivity index (χ2v) is 4.80. The van der Waals surface area contributed by atoms with Gasteiger partial charge < -0.3 is 0 Å². The molecule has 0 spiro atoms. The zero-order chi connectivity index (χ0) is 7.68. The summed E-state index contributed by atoms with van der Waals surface area (Å²) >= 11 is 0. The second-order valence-electron chi connectivity index (χ2n) is 4.80. The molecule has 1 unspecified atom stereocenters. The van der Waals surface area contributed by atoms with Gasteiger partial charge in [-0.15, -0.1) is 0 Å². The molecule has 0 nitrogen and oxygen atoms in total. The Morgan fingerprint density at radius 3 is 2.00 bits per heavy atom. The molecular weight excluding hydrogens is 132 g/mol. The minimum absolute atomic E-state index is 1.03. The highest BCUT2D eigenvalue weighted by molar-refractivity contribution is 4.78. The molecule has 0 aromatic carbocycles. The predicted molar refractivity (Wildman–Crippen MR) is 48.5 cm³/mol. The van der Waals surface area contributed by atoms with E-state index in [4.69, 9.17) is 0 Å². The highest BCUT2D eigenvalue weighted by Crippen LogP contribution is 2.39. The Labute approximate surface area is 70.4 Å². The molecule has 0 saturated heterocycles. The quantitative estimate of drug-likeness (QED) is 0.497. The Kier molecular flexibility index (Phi) is 2.20. The lowest BCUT2D eigenvalue weighted by atomic mass is 9.72. The normalized spacial score (nSPS) is 45.0. The van der Waals surface area contributed by atoms with E-state index in [1.807, 2.05) is 0 Å². The Morgan fingerprint density at radius 2 is 1.27 bits per heavy atom. The van der Waals surface area contributed by atoms with Gasteiger partial charge >= 0.3 is 0 Å². The van der Waals surface area contributed by atoms with Gasteiger partial charge in [0.25, 0.3) is 0 Å². The van der Waals surface area contributed by atoms with Crippen LogP contribution in [0.25, 0.3) is 0 Å². The van der Waals surface area contributed by atoms with E-state index in [-0.39, 0.29) is 0 Å². The highest BCUT2D eigenvalue weighted by Gasteiger charge is 2.25. The molecule has 0 aliphatic heterocycles. The molecule has 3 aliphatic carbocycles. The summed E-state index contributed by atoms with van der Waals surface area (Å²) in [6.07, 6.45) is 10.8. The van der Waals surface area contributed by atoms with E-state index < -0.39 is 0 Å². The molecule has 3 aliphatic rings. The van der Waals surface area contributed by atoms with Gasteiger partial charge in [-0.2, -0.15) is 0 Å². The van der Waals surface area contributed by atoms with E-state index in [1.54, 1.807) is 25.7 Å². The van der Waals surface area contributed by atoms with Crippen LogP contribution >= 0.6 is 0 Å². The van der Waals surface area contributed by atoms with Gasteiger partial charge in [0.05, 0.1) is 0 Å². The lowest BCUT2D eigenvalue weighted by Crippen LogP contribution is -2.20. The Bertz CT molecular complexity index is 120. The second kappa shape index (κ2) is 3.16. The summed E-state index contributed by atoms with van der Waals surface area (Å²) < 4.78 is 0. The van der Waals surface area contributed by atoms with Crippen molar-refractivity contribution in [1.29, 1.82) is 0 Å². The fraction of sp³-hybridized carbons (Fsp3) is 1.00. The predicted octanol–water partition coefficient (Wildman–Crippen LogP) is 3.61. The van der Waals surface area contributed by atoms with Crippen molar-refractivity contribution in [3.05, 3.63) is 0 Å². The van der Waals surface area contributed by atoms with Crippen LogP contribution in [-0.2, 0) is 0 Å². The lowest BCUT2D eigenvalue weighted by molar-refractivity contribution is 0.185. The maximum Gasteiger partial charge on any atom is -0.0412 e. The number of rotatable bonds is 0. The summed E-state index contributed by atoms with van der Waals surface area (Å²) in [5.74, 6) is 3.26. The largest absolute Gasteiger partial charge is 0.0625 e. The van der Waals surface area contributed by atoms with Crippen LogP contribution in [0, 0.1) is 17.8 Å². The first-order valence-electron chi connectivity index (χ1n) is 5.34. The number of fused-ring (bicyclic) bond motifs is 5. The third-order valence-electron chi connectivity index (χ3n) is 3.77. The molecule has 64 valence electrons. The van der Waals surface area contributed by atoms with Gasteiger partial charge in [-0.3, -0.25) is 0 Å². The minimum atomic E-state index is 1.03. The van der Waals surface area contributed by atoms with Gasteiger partial charge in [-0.1, -0.05) is 45.4 Å². The van der Waals surface area contributed by atoms with Crippen LogP contribution in [0.4, 0.5) is 0 Å². The third-order valence-corrected chi connectivity index (χ3v) is 3.77. The first-order chi connectivity index (χ1) is 5.34. The van der Waals surface area contributed by atoms with E-state index in [2.05, 4.69) is 6.92 Å². The van der Waals surface area contributed by atoms with Gasteiger partial charge in [0.15, 0.2) is 0 Å². The molecule has 1 atom stereocenters. The summed E-state index contributed by atoms with van der Waals surface area (Å²) in [6, 6.07) is 0. The molecule has 0 aromatic heterocycles. The van der Waals surface area contributed by atoms with Gasteiger partial charge in [0, 0.05) is 0 Å². The van der Waals surface area contributed by atoms with E-state index >= 15 is 0 Å². The Hall–Kier alpha value is 0. The standard InChI is InChI=1S/C11H20/c1-9-2-3-10-4-6-11(8-9)7-5-10/h9-11H,2-8H2,1H3. The summed E-state index contributed by atoms with van der Waals surface area (Å²) in [6.45, 7) is 2.45. The van der Waals surface area contributed by atoms with Crippen molar-refractivity contribution < 1.29 is 0 Å². The van der Waals surface area contributed by atoms with Crippen molar-refractivity contribution in [3.8, 4) is 0 Å². The van der Waals surface area contributed by atoms with Crippen LogP contribution in [0.5, 0.6) is 0 Å². The molecule has 0 heterocycles. The van der Waals surface area contributed by atoms with Crippen LogP contribution in [-0.4, -0.2) is 0 Å². The summed E-state index contributed by atoms with van der Waals surface area (Å²) in [7, 11) is 0. The molecule has 0 amide bonds. The van der Waals surface area contributed by atoms with Crippen molar-refractivity contribution in [2.45, 2.75) is 51.9 Å². The van der Waals surface area contributed by atoms with Crippen LogP contribution in [0.1, 0.15) is 51.9 Å². The molecule has 0 heteroatoms. The molecule has 0 N–H and O–H groups in total. The zero-order valence-corrected chi connectivity index (χ0v) is 7.68. The van der Waals surface area contributed by atoms with Crippen LogP contribution in [0.15, 0.2) is 0 Å². The van der Waals surface area contributed by atoms with Gasteiger partial charge in [0.2, 0.25) is 0 Å². The molecule has 3 fully saturated rings. The van der Waals surface area contributed by atoms with Crippen molar-refractivity contribution >= 4 is 0 Å². The summed E-state index contributed by atoms with van der Waals surface area (Å²) in [5, 5.41) is 0. The van der Waals surface area contributed by atoms with Crippen LogP contribution in [0.2, 0.25) is 0 Å². The third kappa shape index (κ3) is 1.77. The van der Waals surface area contributed by atoms with Gasteiger partial charge in [-0.05, 0) is 24.2 Å². The summed E-state index contributed by atoms with van der Waals surface area (Å²) in [5.41, 5.74) is 0. The molecule has 0 aromatic rings. The minimum Gasteiger partial charge on any atom is -0.0625 e. The van der Waals surface area contributed by atoms with E-state index in [0.717, 1.165) is 17.8 Å².